The standard InChI is InChI=1S/C25H22FN3O3/c26-19-12-6-4-10-17(19)24(31)28-14-21-23(18-11-5-7-13-20(18)28)22(15-30)29(21)25(32)27-16-8-2-1-3-9-16/h1-13,21-23,30H,14-15H2,(H,27,32)/t21-,22+,23+/m0/s1. The van der Waals surface area contributed by atoms with Gasteiger partial charge in [-0.3, -0.25) is 4.79 Å². The Hall–Kier alpha value is -3.71. The number of nitrogens with zero attached hydrogens (tertiary/aromatic N) is 2. The Morgan fingerprint density at radius 1 is 0.969 bits per heavy atom. The minimum absolute atomic E-state index is 0.0147. The third kappa shape index (κ3) is 3.22. The molecular formula is C25H22FN3O3. The molecule has 0 unspecified atom stereocenters. The van der Waals surface area contributed by atoms with Crippen LogP contribution < -0.4 is 10.2 Å². The minimum atomic E-state index is -0.586. The fraction of sp³-hybridized carbons (Fsp3) is 0.200. The van der Waals surface area contributed by atoms with Crippen LogP contribution >= 0.6 is 0 Å². The van der Waals surface area contributed by atoms with Gasteiger partial charge in [-0.1, -0.05) is 48.5 Å². The van der Waals surface area contributed by atoms with Gasteiger partial charge in [-0.25, -0.2) is 9.18 Å². The van der Waals surface area contributed by atoms with Gasteiger partial charge in [0.25, 0.3) is 5.91 Å². The smallest absolute Gasteiger partial charge is 0.322 e. The van der Waals surface area contributed by atoms with Crippen LogP contribution in [0.2, 0.25) is 0 Å². The maximum absolute atomic E-state index is 14.4. The summed E-state index contributed by atoms with van der Waals surface area (Å²) in [6, 6.07) is 21.3. The zero-order chi connectivity index (χ0) is 22.2. The van der Waals surface area contributed by atoms with E-state index >= 15 is 0 Å². The van der Waals surface area contributed by atoms with Crippen LogP contribution in [-0.2, 0) is 0 Å². The highest BCUT2D eigenvalue weighted by Crippen LogP contribution is 2.48. The molecule has 0 aliphatic carbocycles. The largest absolute Gasteiger partial charge is 0.394 e. The SMILES string of the molecule is O=C(c1ccccc1F)N1C[C@H]2[C@@H](c3ccccc31)[C@@H](CO)N2C(=O)Nc1ccccc1. The van der Waals surface area contributed by atoms with Gasteiger partial charge in [-0.15, -0.1) is 0 Å². The zero-order valence-electron chi connectivity index (χ0n) is 17.2. The molecule has 3 aromatic rings. The number of carbonyl (C=O) groups excluding carboxylic acids is 2. The highest BCUT2D eigenvalue weighted by atomic mass is 19.1. The Morgan fingerprint density at radius 2 is 1.66 bits per heavy atom. The number of para-hydroxylation sites is 2. The highest BCUT2D eigenvalue weighted by Gasteiger charge is 2.55. The molecule has 162 valence electrons. The van der Waals surface area contributed by atoms with E-state index in [2.05, 4.69) is 5.32 Å². The maximum atomic E-state index is 14.4. The lowest BCUT2D eigenvalue weighted by Crippen LogP contribution is -2.71. The minimum Gasteiger partial charge on any atom is -0.394 e. The van der Waals surface area contributed by atoms with E-state index < -0.39 is 17.8 Å². The van der Waals surface area contributed by atoms with E-state index in [1.54, 1.807) is 29.2 Å². The van der Waals surface area contributed by atoms with Crippen molar-refractivity contribution in [2.75, 3.05) is 23.4 Å². The van der Waals surface area contributed by atoms with Crippen molar-refractivity contribution in [2.24, 2.45) is 0 Å². The third-order valence-electron chi connectivity index (χ3n) is 6.30. The molecule has 0 bridgehead atoms. The van der Waals surface area contributed by atoms with Crippen LogP contribution in [0.3, 0.4) is 0 Å². The predicted molar refractivity (Wildman–Crippen MR) is 119 cm³/mol. The second-order valence-corrected chi connectivity index (χ2v) is 8.00. The lowest BCUT2D eigenvalue weighted by molar-refractivity contribution is -0.00267. The molecule has 0 saturated carbocycles. The van der Waals surface area contributed by atoms with Crippen molar-refractivity contribution < 1.29 is 19.1 Å². The van der Waals surface area contributed by atoms with Crippen molar-refractivity contribution in [3.05, 3.63) is 95.8 Å². The molecule has 5 rings (SSSR count). The van der Waals surface area contributed by atoms with Gasteiger partial charge >= 0.3 is 6.03 Å². The van der Waals surface area contributed by atoms with Gasteiger partial charge in [0.15, 0.2) is 0 Å². The molecule has 2 aliphatic heterocycles. The van der Waals surface area contributed by atoms with Crippen molar-refractivity contribution in [3.8, 4) is 0 Å². The number of likely N-dealkylation sites (tertiary alicyclic amines) is 1. The van der Waals surface area contributed by atoms with Gasteiger partial charge in [-0.05, 0) is 35.9 Å². The summed E-state index contributed by atoms with van der Waals surface area (Å²) >= 11 is 0. The first-order chi connectivity index (χ1) is 15.6. The molecule has 3 amide bonds. The first-order valence-corrected chi connectivity index (χ1v) is 10.5. The monoisotopic (exact) mass is 431 g/mol. The van der Waals surface area contributed by atoms with Gasteiger partial charge < -0.3 is 20.2 Å². The molecule has 0 aromatic heterocycles. The highest BCUT2D eigenvalue weighted by molar-refractivity contribution is 6.07. The number of fused-ring (bicyclic) bond motifs is 3. The Bertz CT molecular complexity index is 1170. The first-order valence-electron chi connectivity index (χ1n) is 10.5. The normalized spacial score (nSPS) is 21.2. The molecule has 0 radical (unpaired) electrons. The summed E-state index contributed by atoms with van der Waals surface area (Å²) < 4.78 is 14.4. The number of hydrogen-bond donors (Lipinski definition) is 2. The Labute approximate surface area is 184 Å². The number of urea groups is 1. The van der Waals surface area contributed by atoms with E-state index in [9.17, 15) is 19.1 Å². The number of anilines is 2. The number of amides is 3. The summed E-state index contributed by atoms with van der Waals surface area (Å²) in [4.78, 5) is 29.5. The van der Waals surface area contributed by atoms with Crippen molar-refractivity contribution >= 4 is 23.3 Å². The molecule has 1 fully saturated rings. The van der Waals surface area contributed by atoms with Crippen LogP contribution in [0.4, 0.5) is 20.6 Å². The van der Waals surface area contributed by atoms with Gasteiger partial charge in [-0.2, -0.15) is 0 Å². The van der Waals surface area contributed by atoms with E-state index in [0.29, 0.717) is 11.4 Å². The van der Waals surface area contributed by atoms with Crippen LogP contribution in [0, 0.1) is 5.82 Å². The molecule has 0 spiro atoms. The number of nitrogens with one attached hydrogen (secondary N) is 1. The fourth-order valence-electron chi connectivity index (χ4n) is 4.85. The molecular weight excluding hydrogens is 409 g/mol. The van der Waals surface area contributed by atoms with Crippen molar-refractivity contribution in [1.82, 2.24) is 4.90 Å². The van der Waals surface area contributed by atoms with Crippen LogP contribution in [0.1, 0.15) is 21.8 Å². The lowest BCUT2D eigenvalue weighted by atomic mass is 9.72. The number of rotatable bonds is 3. The summed E-state index contributed by atoms with van der Waals surface area (Å²) in [7, 11) is 0. The number of carbonyl (C=O) groups is 2. The predicted octanol–water partition coefficient (Wildman–Crippen LogP) is 3.85. The molecule has 7 heteroatoms. The van der Waals surface area contributed by atoms with Crippen LogP contribution in [0.5, 0.6) is 0 Å². The fourth-order valence-corrected chi connectivity index (χ4v) is 4.85. The Balaban J connectivity index is 1.49. The second-order valence-electron chi connectivity index (χ2n) is 8.00. The quantitative estimate of drug-likeness (QED) is 0.662. The molecule has 2 aliphatic rings. The number of aliphatic hydroxyl groups is 1. The molecule has 3 atom stereocenters. The molecule has 6 nitrogen and oxygen atoms in total. The number of aliphatic hydroxyl groups excluding tert-OH is 1. The topological polar surface area (TPSA) is 72.9 Å². The van der Waals surface area contributed by atoms with Gasteiger partial charge in [0.2, 0.25) is 0 Å². The van der Waals surface area contributed by atoms with Crippen LogP contribution in [0.25, 0.3) is 0 Å². The summed E-state index contributed by atoms with van der Waals surface area (Å²) in [5.41, 5.74) is 2.19. The van der Waals surface area contributed by atoms with E-state index in [1.165, 1.54) is 17.0 Å². The maximum Gasteiger partial charge on any atom is 0.322 e. The van der Waals surface area contributed by atoms with Crippen LogP contribution in [-0.4, -0.2) is 47.2 Å². The van der Waals surface area contributed by atoms with E-state index in [4.69, 9.17) is 0 Å². The lowest BCUT2D eigenvalue weighted by Gasteiger charge is -2.58. The molecule has 2 heterocycles. The Kier molecular flexibility index (Phi) is 5.11. The summed E-state index contributed by atoms with van der Waals surface area (Å²) in [5, 5.41) is 12.9. The first kappa shape index (κ1) is 20.2. The zero-order valence-corrected chi connectivity index (χ0v) is 17.2. The molecule has 3 aromatic carbocycles. The van der Waals surface area contributed by atoms with E-state index in [-0.39, 0.29) is 36.7 Å². The van der Waals surface area contributed by atoms with Crippen molar-refractivity contribution in [1.29, 1.82) is 0 Å². The van der Waals surface area contributed by atoms with Crippen molar-refractivity contribution in [3.63, 3.8) is 0 Å². The Morgan fingerprint density at radius 3 is 2.41 bits per heavy atom. The average molecular weight is 431 g/mol. The van der Waals surface area contributed by atoms with Gasteiger partial charge in [0.1, 0.15) is 5.82 Å². The number of hydrogen-bond acceptors (Lipinski definition) is 3. The third-order valence-corrected chi connectivity index (χ3v) is 6.30. The van der Waals surface area contributed by atoms with Gasteiger partial charge in [0.05, 0.1) is 24.3 Å². The average Bonchev–Trinajstić information content (AvgIpc) is 2.80. The molecule has 2 N–H and O–H groups in total. The summed E-state index contributed by atoms with van der Waals surface area (Å²) in [6.07, 6.45) is 0. The molecule has 32 heavy (non-hydrogen) atoms. The number of halogens is 1. The van der Waals surface area contributed by atoms with Gasteiger partial charge in [0, 0.05) is 23.8 Å². The summed E-state index contributed by atoms with van der Waals surface area (Å²) in [5.74, 6) is -1.15. The van der Waals surface area contributed by atoms with E-state index in [0.717, 1.165) is 5.56 Å². The van der Waals surface area contributed by atoms with E-state index in [1.807, 2.05) is 42.5 Å². The van der Waals surface area contributed by atoms with Crippen molar-refractivity contribution in [2.45, 2.75) is 18.0 Å². The number of benzene rings is 3. The van der Waals surface area contributed by atoms with Crippen LogP contribution in [0.15, 0.2) is 78.9 Å². The second kappa shape index (κ2) is 8.09. The molecule has 1 saturated heterocycles. The summed E-state index contributed by atoms with van der Waals surface area (Å²) in [6.45, 7) is 0.0204.